The van der Waals surface area contributed by atoms with Gasteiger partial charge in [-0.05, 0) is 62.7 Å². The largest absolute Gasteiger partial charge is 0.459 e. The molecular formula is C25H26N4O5. The van der Waals surface area contributed by atoms with Crippen LogP contribution in [-0.4, -0.2) is 46.1 Å². The van der Waals surface area contributed by atoms with E-state index in [-0.39, 0.29) is 23.8 Å². The minimum atomic E-state index is -0.759. The van der Waals surface area contributed by atoms with Crippen LogP contribution in [-0.2, 0) is 19.1 Å². The summed E-state index contributed by atoms with van der Waals surface area (Å²) in [7, 11) is 0. The van der Waals surface area contributed by atoms with Gasteiger partial charge in [0.1, 0.15) is 5.65 Å². The third-order valence-corrected chi connectivity index (χ3v) is 5.12. The maximum Gasteiger partial charge on any atom is 0.348 e. The Morgan fingerprint density at radius 2 is 2.15 bits per heavy atom. The van der Waals surface area contributed by atoms with Crippen LogP contribution >= 0.6 is 0 Å². The lowest BCUT2D eigenvalue weighted by molar-refractivity contribution is -0.143. The number of fused-ring (bicyclic) bond motifs is 1. The van der Waals surface area contributed by atoms with Gasteiger partial charge in [-0.3, -0.25) is 4.79 Å². The Balaban J connectivity index is 1.67. The van der Waals surface area contributed by atoms with E-state index in [1.165, 1.54) is 0 Å². The monoisotopic (exact) mass is 462 g/mol. The number of esters is 1. The number of aromatic nitrogens is 2. The number of hydrogen-bond donors (Lipinski definition) is 4. The van der Waals surface area contributed by atoms with E-state index in [2.05, 4.69) is 20.6 Å². The molecule has 0 spiro atoms. The van der Waals surface area contributed by atoms with Gasteiger partial charge in [0, 0.05) is 41.3 Å². The number of carbonyl (C=O) groups excluding carboxylic acids is 2. The summed E-state index contributed by atoms with van der Waals surface area (Å²) in [6.45, 7) is 5.75. The highest BCUT2D eigenvalue weighted by atomic mass is 16.5. The molecule has 0 bridgehead atoms. The van der Waals surface area contributed by atoms with Gasteiger partial charge in [-0.25, -0.2) is 9.78 Å². The molecule has 0 unspecified atom stereocenters. The van der Waals surface area contributed by atoms with Crippen LogP contribution in [0.5, 0.6) is 0 Å². The van der Waals surface area contributed by atoms with Crippen molar-refractivity contribution in [3.8, 4) is 0 Å². The van der Waals surface area contributed by atoms with Gasteiger partial charge in [-0.15, -0.1) is 0 Å². The minimum Gasteiger partial charge on any atom is -0.459 e. The standard InChI is InChI=1S/C25H26N4O5/c1-14(2)33-25(32)21-22(31)20(12-16-13-28-23-18(16)5-4-8-27-23)34-24(21)29-19-7-6-17(11-15(19)3)26-9-10-30/h4-8,11-14,26,29-30H,9-10H2,1-3H3,(H,27,28)/b20-12-. The number of aryl methyl sites for hydroxylation is 1. The number of benzene rings is 1. The quantitative estimate of drug-likeness (QED) is 0.228. The van der Waals surface area contributed by atoms with Crippen LogP contribution in [0.25, 0.3) is 17.1 Å². The Kier molecular flexibility index (Phi) is 6.65. The fraction of sp³-hybridized carbons (Fsp3) is 0.240. The van der Waals surface area contributed by atoms with Gasteiger partial charge in [0.15, 0.2) is 11.3 Å². The van der Waals surface area contributed by atoms with E-state index in [1.54, 1.807) is 44.4 Å². The van der Waals surface area contributed by atoms with Crippen LogP contribution in [0.15, 0.2) is 59.9 Å². The van der Waals surface area contributed by atoms with Crippen molar-refractivity contribution in [2.75, 3.05) is 23.8 Å². The molecule has 0 amide bonds. The first-order valence-electron chi connectivity index (χ1n) is 10.9. The number of aromatic amines is 1. The van der Waals surface area contributed by atoms with Crippen molar-refractivity contribution >= 4 is 40.2 Å². The second kappa shape index (κ2) is 9.80. The molecule has 9 nitrogen and oxygen atoms in total. The van der Waals surface area contributed by atoms with Crippen LogP contribution in [0.3, 0.4) is 0 Å². The molecule has 1 aromatic carbocycles. The zero-order chi connectivity index (χ0) is 24.2. The van der Waals surface area contributed by atoms with Gasteiger partial charge in [-0.2, -0.15) is 0 Å². The van der Waals surface area contributed by atoms with Crippen molar-refractivity contribution in [3.05, 3.63) is 71.1 Å². The topological polar surface area (TPSA) is 126 Å². The first-order chi connectivity index (χ1) is 16.4. The number of pyridine rings is 1. The fourth-order valence-electron chi connectivity index (χ4n) is 3.55. The number of H-pyrrole nitrogens is 1. The molecule has 0 atom stereocenters. The van der Waals surface area contributed by atoms with Crippen molar-refractivity contribution in [1.82, 2.24) is 9.97 Å². The Bertz CT molecular complexity index is 1310. The molecular weight excluding hydrogens is 436 g/mol. The zero-order valence-corrected chi connectivity index (χ0v) is 19.1. The highest BCUT2D eigenvalue weighted by Gasteiger charge is 2.37. The third-order valence-electron chi connectivity index (χ3n) is 5.12. The van der Waals surface area contributed by atoms with Crippen molar-refractivity contribution in [2.24, 2.45) is 0 Å². The predicted octanol–water partition coefficient (Wildman–Crippen LogP) is 3.49. The molecule has 0 radical (unpaired) electrons. The lowest BCUT2D eigenvalue weighted by Crippen LogP contribution is -2.19. The summed E-state index contributed by atoms with van der Waals surface area (Å²) in [6, 6.07) is 9.19. The van der Waals surface area contributed by atoms with Gasteiger partial charge < -0.3 is 30.2 Å². The first-order valence-corrected chi connectivity index (χ1v) is 10.9. The normalized spacial score (nSPS) is 14.7. The van der Waals surface area contributed by atoms with Crippen molar-refractivity contribution in [2.45, 2.75) is 26.9 Å². The number of carbonyl (C=O) groups is 2. The summed E-state index contributed by atoms with van der Waals surface area (Å²) in [5, 5.41) is 16.0. The molecule has 0 aliphatic carbocycles. The molecule has 34 heavy (non-hydrogen) atoms. The predicted molar refractivity (Wildman–Crippen MR) is 129 cm³/mol. The Hall–Kier alpha value is -4.11. The van der Waals surface area contributed by atoms with Gasteiger partial charge in [0.2, 0.25) is 11.7 Å². The van der Waals surface area contributed by atoms with Gasteiger partial charge >= 0.3 is 5.97 Å². The summed E-state index contributed by atoms with van der Waals surface area (Å²) in [6.07, 6.45) is 4.57. The molecule has 4 N–H and O–H groups in total. The highest BCUT2D eigenvalue weighted by molar-refractivity contribution is 6.27. The number of aliphatic hydroxyl groups excluding tert-OH is 1. The van der Waals surface area contributed by atoms with Crippen molar-refractivity contribution < 1.29 is 24.2 Å². The number of nitrogens with zero attached hydrogens (tertiary/aromatic N) is 1. The number of anilines is 2. The average molecular weight is 463 g/mol. The Morgan fingerprint density at radius 1 is 1.32 bits per heavy atom. The minimum absolute atomic E-state index is 0.00171. The van der Waals surface area contributed by atoms with Crippen LogP contribution in [0.2, 0.25) is 0 Å². The van der Waals surface area contributed by atoms with Gasteiger partial charge in [0.25, 0.3) is 0 Å². The number of allylic oxidation sites excluding steroid dienone is 1. The van der Waals surface area contributed by atoms with Gasteiger partial charge in [-0.1, -0.05) is 0 Å². The number of Topliss-reactive ketones (excluding diaryl/α,β-unsaturated/α-hetero) is 1. The molecule has 176 valence electrons. The number of ketones is 1. The molecule has 3 aromatic rings. The molecule has 2 aromatic heterocycles. The van der Waals surface area contributed by atoms with E-state index in [0.29, 0.717) is 23.4 Å². The van der Waals surface area contributed by atoms with E-state index in [0.717, 1.165) is 16.6 Å². The van der Waals surface area contributed by atoms with Crippen molar-refractivity contribution in [1.29, 1.82) is 0 Å². The first kappa shape index (κ1) is 23.1. The van der Waals surface area contributed by atoms with Crippen LogP contribution in [0, 0.1) is 6.92 Å². The Labute approximate surface area is 196 Å². The molecule has 0 fully saturated rings. The number of aliphatic hydroxyl groups is 1. The molecule has 1 aliphatic heterocycles. The van der Waals surface area contributed by atoms with E-state index in [1.807, 2.05) is 25.1 Å². The molecule has 9 heteroatoms. The fourth-order valence-corrected chi connectivity index (χ4v) is 3.55. The van der Waals surface area contributed by atoms with Crippen molar-refractivity contribution in [3.63, 3.8) is 0 Å². The van der Waals surface area contributed by atoms with E-state index >= 15 is 0 Å². The molecule has 3 heterocycles. The van der Waals surface area contributed by atoms with Crippen LogP contribution in [0.1, 0.15) is 25.0 Å². The molecule has 4 rings (SSSR count). The number of ether oxygens (including phenoxy) is 2. The molecule has 0 saturated carbocycles. The maximum absolute atomic E-state index is 13.2. The zero-order valence-electron chi connectivity index (χ0n) is 19.1. The summed E-state index contributed by atoms with van der Waals surface area (Å²) in [5.74, 6) is -1.31. The maximum atomic E-state index is 13.2. The number of nitrogens with one attached hydrogen (secondary N) is 3. The molecule has 1 aliphatic rings. The number of hydrogen-bond acceptors (Lipinski definition) is 8. The van der Waals surface area contributed by atoms with E-state index in [9.17, 15) is 9.59 Å². The summed E-state index contributed by atoms with van der Waals surface area (Å²) in [5.41, 5.74) is 3.53. The lowest BCUT2D eigenvalue weighted by atomic mass is 10.1. The SMILES string of the molecule is Cc1cc(NCCO)ccc1NC1=C(C(=O)OC(C)C)C(=O)/C(=C/c2c[nH]c3ncccc23)O1. The number of rotatable bonds is 8. The lowest BCUT2D eigenvalue weighted by Gasteiger charge is -2.13. The van der Waals surface area contributed by atoms with E-state index in [4.69, 9.17) is 14.6 Å². The smallest absolute Gasteiger partial charge is 0.348 e. The van der Waals surface area contributed by atoms with E-state index < -0.39 is 17.9 Å². The summed E-state index contributed by atoms with van der Waals surface area (Å²) >= 11 is 0. The third kappa shape index (κ3) is 4.79. The Morgan fingerprint density at radius 3 is 2.88 bits per heavy atom. The average Bonchev–Trinajstić information content (AvgIpc) is 3.34. The highest BCUT2D eigenvalue weighted by Crippen LogP contribution is 2.31. The van der Waals surface area contributed by atoms with Gasteiger partial charge in [0.05, 0.1) is 12.7 Å². The summed E-state index contributed by atoms with van der Waals surface area (Å²) in [4.78, 5) is 33.3. The van der Waals surface area contributed by atoms with Crippen LogP contribution < -0.4 is 10.6 Å². The second-order valence-corrected chi connectivity index (χ2v) is 8.05. The second-order valence-electron chi connectivity index (χ2n) is 8.05. The summed E-state index contributed by atoms with van der Waals surface area (Å²) < 4.78 is 11.2. The molecule has 0 saturated heterocycles. The van der Waals surface area contributed by atoms with Crippen LogP contribution in [0.4, 0.5) is 11.4 Å².